The number of benzene rings is 2. The van der Waals surface area contributed by atoms with Gasteiger partial charge in [-0.15, -0.1) is 0 Å². The van der Waals surface area contributed by atoms with Crippen LogP contribution in [0.15, 0.2) is 90.1 Å². The van der Waals surface area contributed by atoms with Crippen molar-refractivity contribution in [1.82, 2.24) is 15.2 Å². The summed E-state index contributed by atoms with van der Waals surface area (Å²) in [5.41, 5.74) is 7.17. The van der Waals surface area contributed by atoms with E-state index in [-0.39, 0.29) is 5.92 Å². The number of hydrogen-bond acceptors (Lipinski definition) is 5. The van der Waals surface area contributed by atoms with E-state index in [1.54, 1.807) is 19.3 Å². The molecule has 0 aliphatic carbocycles. The van der Waals surface area contributed by atoms with Crippen molar-refractivity contribution < 1.29 is 4.74 Å². The largest absolute Gasteiger partial charge is 0.497 e. The molecule has 0 saturated carbocycles. The molecule has 0 radical (unpaired) electrons. The average molecular weight is 525 g/mol. The van der Waals surface area contributed by atoms with Crippen molar-refractivity contribution in [2.24, 2.45) is 22.7 Å². The highest BCUT2D eigenvalue weighted by atomic mass is 35.5. The summed E-state index contributed by atoms with van der Waals surface area (Å²) in [6, 6.07) is 15.2. The minimum atomic E-state index is -0.118. The van der Waals surface area contributed by atoms with Crippen molar-refractivity contribution in [3.05, 3.63) is 101 Å². The van der Waals surface area contributed by atoms with Gasteiger partial charge in [-0.1, -0.05) is 65.7 Å². The van der Waals surface area contributed by atoms with Crippen LogP contribution in [0.1, 0.15) is 19.0 Å². The number of allylic oxidation sites excluding steroid dienone is 5. The third-order valence-corrected chi connectivity index (χ3v) is 6.38. The van der Waals surface area contributed by atoms with Gasteiger partial charge < -0.3 is 16.0 Å². The zero-order valence-corrected chi connectivity index (χ0v) is 21.8. The van der Waals surface area contributed by atoms with Gasteiger partial charge in [0.1, 0.15) is 11.6 Å². The number of nitrogens with zero attached hydrogens (tertiary/aromatic N) is 3. The number of ether oxygens (including phenoxy) is 1. The summed E-state index contributed by atoms with van der Waals surface area (Å²) in [5, 5.41) is 9.74. The highest BCUT2D eigenvalue weighted by Crippen LogP contribution is 2.31. The number of halogens is 2. The van der Waals surface area contributed by atoms with E-state index in [0.717, 1.165) is 34.0 Å². The van der Waals surface area contributed by atoms with Crippen LogP contribution in [0, 0.1) is 5.92 Å². The molecule has 0 bridgehead atoms. The Hall–Kier alpha value is -3.52. The van der Waals surface area contributed by atoms with E-state index >= 15 is 0 Å². The molecule has 3 aromatic rings. The zero-order valence-electron chi connectivity index (χ0n) is 20.3. The Balaban J connectivity index is 2.04. The molecular weight excluding hydrogens is 495 g/mol. The first kappa shape index (κ1) is 27.1. The predicted molar refractivity (Wildman–Crippen MR) is 149 cm³/mol. The van der Waals surface area contributed by atoms with Crippen molar-refractivity contribution in [2.75, 3.05) is 7.11 Å². The molecule has 1 aromatic heterocycles. The summed E-state index contributed by atoms with van der Waals surface area (Å²) in [4.78, 5) is 0. The zero-order chi connectivity index (χ0) is 26.1. The van der Waals surface area contributed by atoms with Gasteiger partial charge in [0, 0.05) is 17.9 Å². The maximum Gasteiger partial charge on any atom is 0.139 e. The van der Waals surface area contributed by atoms with E-state index in [1.165, 1.54) is 0 Å². The number of nitrogens with one attached hydrogen (secondary N) is 1. The molecular formula is C27H30Cl2N6O. The van der Waals surface area contributed by atoms with Crippen LogP contribution in [0.25, 0.3) is 16.9 Å². The van der Waals surface area contributed by atoms with Crippen LogP contribution in [-0.2, 0) is 6.42 Å². The highest BCUT2D eigenvalue weighted by molar-refractivity contribution is 6.42. The van der Waals surface area contributed by atoms with Crippen LogP contribution in [0.2, 0.25) is 10.0 Å². The van der Waals surface area contributed by atoms with Crippen LogP contribution >= 0.6 is 23.2 Å². The molecule has 7 nitrogen and oxygen atoms in total. The summed E-state index contributed by atoms with van der Waals surface area (Å²) >= 11 is 12.5. The molecule has 0 aliphatic heterocycles. The van der Waals surface area contributed by atoms with Gasteiger partial charge in [0.2, 0.25) is 0 Å². The van der Waals surface area contributed by atoms with Gasteiger partial charge in [-0.3, -0.25) is 0 Å². The van der Waals surface area contributed by atoms with Gasteiger partial charge in [-0.05, 0) is 55.8 Å². The van der Waals surface area contributed by atoms with E-state index < -0.39 is 0 Å². The van der Waals surface area contributed by atoms with Crippen LogP contribution in [0.4, 0.5) is 0 Å². The molecule has 188 valence electrons. The minimum Gasteiger partial charge on any atom is -0.497 e. The molecule has 36 heavy (non-hydrogen) atoms. The molecule has 3 rings (SSSR count). The number of hydrazine groups is 1. The van der Waals surface area contributed by atoms with Crippen LogP contribution in [0.5, 0.6) is 5.75 Å². The maximum absolute atomic E-state index is 6.33. The van der Waals surface area contributed by atoms with Crippen molar-refractivity contribution in [1.29, 1.82) is 0 Å². The van der Waals surface area contributed by atoms with Crippen LogP contribution < -0.4 is 21.8 Å². The van der Waals surface area contributed by atoms with Gasteiger partial charge >= 0.3 is 0 Å². The van der Waals surface area contributed by atoms with Crippen molar-refractivity contribution in [2.45, 2.75) is 19.8 Å². The summed E-state index contributed by atoms with van der Waals surface area (Å²) in [7, 11) is 1.63. The third kappa shape index (κ3) is 6.79. The first-order valence-electron chi connectivity index (χ1n) is 11.3. The van der Waals surface area contributed by atoms with E-state index in [0.29, 0.717) is 28.7 Å². The SMILES string of the molecule is C=C/C=C\C(C)=C/CC(Cc1cc(-c2ccc(Cl)c(Cl)c2)n(-c2ccc(OC)cc2)n1)/C(=N/N)NN. The topological polar surface area (TPSA) is 103 Å². The fourth-order valence-corrected chi connectivity index (χ4v) is 4.03. The van der Waals surface area contributed by atoms with Gasteiger partial charge in [0.15, 0.2) is 0 Å². The first-order chi connectivity index (χ1) is 17.4. The summed E-state index contributed by atoms with van der Waals surface area (Å²) in [5.74, 6) is 12.5. The summed E-state index contributed by atoms with van der Waals surface area (Å²) < 4.78 is 7.18. The molecule has 0 aliphatic rings. The monoisotopic (exact) mass is 524 g/mol. The molecule has 0 amide bonds. The van der Waals surface area contributed by atoms with Crippen molar-refractivity contribution >= 4 is 29.0 Å². The Labute approximate surface area is 221 Å². The molecule has 9 heteroatoms. The lowest BCUT2D eigenvalue weighted by atomic mass is 9.96. The first-order valence-corrected chi connectivity index (χ1v) is 12.0. The Morgan fingerprint density at radius 2 is 1.94 bits per heavy atom. The van der Waals surface area contributed by atoms with Crippen molar-refractivity contribution in [3.63, 3.8) is 0 Å². The Kier molecular flexibility index (Phi) is 9.76. The maximum atomic E-state index is 6.33. The number of rotatable bonds is 10. The number of methoxy groups -OCH3 is 1. The molecule has 1 atom stereocenters. The Morgan fingerprint density at radius 1 is 1.19 bits per heavy atom. The molecule has 1 unspecified atom stereocenters. The van der Waals surface area contributed by atoms with E-state index in [2.05, 4.69) is 23.2 Å². The second kappa shape index (κ2) is 13.0. The van der Waals surface area contributed by atoms with E-state index in [4.69, 9.17) is 44.7 Å². The van der Waals surface area contributed by atoms with Gasteiger partial charge in [0.05, 0.1) is 34.2 Å². The number of amidine groups is 1. The standard InChI is InChI=1S/C27H30Cl2N6O/c1-4-5-6-18(2)7-8-20(27(32-30)33-31)15-21-17-26(19-9-14-24(28)25(29)16-19)35(34-21)22-10-12-23(36-3)13-11-22/h4-7,9-14,16-17,20H,1,8,15,30-31H2,2-3H3,(H,32,33)/b6-5-,18-7-. The summed E-state index contributed by atoms with van der Waals surface area (Å²) in [6.07, 6.45) is 8.92. The predicted octanol–water partition coefficient (Wildman–Crippen LogP) is 5.83. The molecule has 0 fully saturated rings. The van der Waals surface area contributed by atoms with Gasteiger partial charge in [-0.25, -0.2) is 10.5 Å². The quantitative estimate of drug-likeness (QED) is 0.102. The number of hydrogen-bond donors (Lipinski definition) is 3. The second-order valence-corrected chi connectivity index (χ2v) is 8.91. The molecule has 2 aromatic carbocycles. The number of nitrogens with two attached hydrogens (primary N) is 2. The average Bonchev–Trinajstić information content (AvgIpc) is 3.32. The van der Waals surface area contributed by atoms with Crippen molar-refractivity contribution in [3.8, 4) is 22.7 Å². The lowest BCUT2D eigenvalue weighted by molar-refractivity contribution is 0.414. The smallest absolute Gasteiger partial charge is 0.139 e. The Morgan fingerprint density at radius 3 is 2.56 bits per heavy atom. The van der Waals surface area contributed by atoms with E-state index in [1.807, 2.05) is 66.2 Å². The normalized spacial score (nSPS) is 13.1. The lowest BCUT2D eigenvalue weighted by Gasteiger charge is -2.15. The van der Waals surface area contributed by atoms with Crippen LogP contribution in [-0.4, -0.2) is 22.7 Å². The number of hydrazone groups is 1. The molecule has 0 spiro atoms. The lowest BCUT2D eigenvalue weighted by Crippen LogP contribution is -2.38. The summed E-state index contributed by atoms with van der Waals surface area (Å²) in [6.45, 7) is 5.73. The fourth-order valence-electron chi connectivity index (χ4n) is 3.73. The molecule has 5 N–H and O–H groups in total. The second-order valence-electron chi connectivity index (χ2n) is 8.10. The van der Waals surface area contributed by atoms with E-state index in [9.17, 15) is 0 Å². The Bertz CT molecular complexity index is 1280. The fraction of sp³-hybridized carbons (Fsp3) is 0.185. The minimum absolute atomic E-state index is 0.118. The van der Waals surface area contributed by atoms with Crippen LogP contribution in [0.3, 0.4) is 0 Å². The third-order valence-electron chi connectivity index (χ3n) is 5.64. The van der Waals surface area contributed by atoms with Gasteiger partial charge in [-0.2, -0.15) is 10.2 Å². The highest BCUT2D eigenvalue weighted by Gasteiger charge is 2.20. The molecule has 1 heterocycles. The van der Waals surface area contributed by atoms with Gasteiger partial charge in [0.25, 0.3) is 0 Å². The number of aromatic nitrogens is 2. The molecule has 0 saturated heterocycles.